The van der Waals surface area contributed by atoms with Crippen LogP contribution in [-0.4, -0.2) is 16.5 Å². The lowest BCUT2D eigenvalue weighted by atomic mass is 10.3. The van der Waals surface area contributed by atoms with Gasteiger partial charge in [-0.15, -0.1) is 0 Å². The quantitative estimate of drug-likeness (QED) is 0.868. The molecule has 0 bridgehead atoms. The highest BCUT2D eigenvalue weighted by molar-refractivity contribution is 9.10. The smallest absolute Gasteiger partial charge is 0.238 e. The first-order valence-electron chi connectivity index (χ1n) is 5.89. The Kier molecular flexibility index (Phi) is 4.99. The van der Waals surface area contributed by atoms with Crippen molar-refractivity contribution in [2.75, 3.05) is 11.9 Å². The van der Waals surface area contributed by atoms with Crippen LogP contribution in [0.15, 0.2) is 34.9 Å². The SMILES string of the molecule is CCCNc1ncc(Br)c(Oc2ccccc2Cl)n1. The van der Waals surface area contributed by atoms with Gasteiger partial charge in [0.25, 0.3) is 0 Å². The first-order chi connectivity index (χ1) is 9.20. The Bertz CT molecular complexity index is 565. The Labute approximate surface area is 125 Å². The molecule has 0 saturated carbocycles. The molecule has 0 aliphatic rings. The maximum atomic E-state index is 6.05. The molecule has 100 valence electrons. The summed E-state index contributed by atoms with van der Waals surface area (Å²) in [6, 6.07) is 7.25. The molecule has 0 amide bonds. The van der Waals surface area contributed by atoms with Gasteiger partial charge in [-0.05, 0) is 34.5 Å². The largest absolute Gasteiger partial charge is 0.436 e. The average molecular weight is 343 g/mol. The summed E-state index contributed by atoms with van der Waals surface area (Å²) in [5, 5.41) is 3.64. The number of ether oxygens (including phenoxy) is 1. The van der Waals surface area contributed by atoms with Crippen LogP contribution < -0.4 is 10.1 Å². The fourth-order valence-corrected chi connectivity index (χ4v) is 1.82. The van der Waals surface area contributed by atoms with Gasteiger partial charge < -0.3 is 10.1 Å². The van der Waals surface area contributed by atoms with Crippen LogP contribution in [0.25, 0.3) is 0 Å². The third-order valence-corrected chi connectivity index (χ3v) is 3.14. The van der Waals surface area contributed by atoms with E-state index in [0.717, 1.165) is 13.0 Å². The Hall–Kier alpha value is -1.33. The third kappa shape index (κ3) is 3.81. The molecule has 0 aliphatic carbocycles. The van der Waals surface area contributed by atoms with Gasteiger partial charge in [-0.2, -0.15) is 4.98 Å². The number of benzene rings is 1. The topological polar surface area (TPSA) is 47.0 Å². The molecule has 19 heavy (non-hydrogen) atoms. The summed E-state index contributed by atoms with van der Waals surface area (Å²) in [4.78, 5) is 8.45. The summed E-state index contributed by atoms with van der Waals surface area (Å²) in [5.41, 5.74) is 0. The van der Waals surface area contributed by atoms with E-state index in [1.165, 1.54) is 0 Å². The van der Waals surface area contributed by atoms with Crippen LogP contribution in [0.4, 0.5) is 5.95 Å². The van der Waals surface area contributed by atoms with E-state index in [2.05, 4.69) is 38.1 Å². The molecule has 0 spiro atoms. The number of halogens is 2. The third-order valence-electron chi connectivity index (χ3n) is 2.29. The first kappa shape index (κ1) is 14.1. The molecule has 0 atom stereocenters. The maximum absolute atomic E-state index is 6.05. The van der Waals surface area contributed by atoms with E-state index in [1.54, 1.807) is 18.3 Å². The van der Waals surface area contributed by atoms with Gasteiger partial charge in [0.1, 0.15) is 5.75 Å². The van der Waals surface area contributed by atoms with Crippen molar-refractivity contribution in [2.45, 2.75) is 13.3 Å². The van der Waals surface area contributed by atoms with Gasteiger partial charge in [-0.3, -0.25) is 0 Å². The predicted molar refractivity (Wildman–Crippen MR) is 80.0 cm³/mol. The second kappa shape index (κ2) is 6.73. The molecule has 1 aromatic carbocycles. The van der Waals surface area contributed by atoms with Gasteiger partial charge in [0.2, 0.25) is 11.8 Å². The van der Waals surface area contributed by atoms with Gasteiger partial charge in [0.05, 0.1) is 15.7 Å². The minimum Gasteiger partial charge on any atom is -0.436 e. The van der Waals surface area contributed by atoms with Crippen molar-refractivity contribution in [3.8, 4) is 11.6 Å². The highest BCUT2D eigenvalue weighted by atomic mass is 79.9. The van der Waals surface area contributed by atoms with E-state index in [4.69, 9.17) is 16.3 Å². The molecule has 1 heterocycles. The van der Waals surface area contributed by atoms with Crippen LogP contribution in [0.5, 0.6) is 11.6 Å². The number of anilines is 1. The molecule has 2 aromatic rings. The van der Waals surface area contributed by atoms with E-state index in [0.29, 0.717) is 27.1 Å². The summed E-state index contributed by atoms with van der Waals surface area (Å²) < 4.78 is 6.37. The summed E-state index contributed by atoms with van der Waals surface area (Å²) in [7, 11) is 0. The first-order valence-corrected chi connectivity index (χ1v) is 7.06. The molecular formula is C13H13BrClN3O. The van der Waals surface area contributed by atoms with Crippen LogP contribution >= 0.6 is 27.5 Å². The van der Waals surface area contributed by atoms with Crippen LogP contribution in [-0.2, 0) is 0 Å². The van der Waals surface area contributed by atoms with E-state index < -0.39 is 0 Å². The van der Waals surface area contributed by atoms with Gasteiger partial charge >= 0.3 is 0 Å². The van der Waals surface area contributed by atoms with Crippen molar-refractivity contribution in [2.24, 2.45) is 0 Å². The van der Waals surface area contributed by atoms with Gasteiger partial charge in [0.15, 0.2) is 0 Å². The summed E-state index contributed by atoms with van der Waals surface area (Å²) in [6.07, 6.45) is 2.65. The van der Waals surface area contributed by atoms with Crippen molar-refractivity contribution in [3.05, 3.63) is 40.0 Å². The van der Waals surface area contributed by atoms with Crippen LogP contribution in [0, 0.1) is 0 Å². The second-order valence-electron chi connectivity index (χ2n) is 3.81. The lowest BCUT2D eigenvalue weighted by molar-refractivity contribution is 0.459. The van der Waals surface area contributed by atoms with Gasteiger partial charge in [-0.25, -0.2) is 4.98 Å². The minimum absolute atomic E-state index is 0.432. The van der Waals surface area contributed by atoms with Crippen LogP contribution in [0.2, 0.25) is 5.02 Å². The van der Waals surface area contributed by atoms with Crippen molar-refractivity contribution >= 4 is 33.5 Å². The van der Waals surface area contributed by atoms with Crippen molar-refractivity contribution in [3.63, 3.8) is 0 Å². The van der Waals surface area contributed by atoms with Crippen LogP contribution in [0.1, 0.15) is 13.3 Å². The van der Waals surface area contributed by atoms with Gasteiger partial charge in [0, 0.05) is 6.54 Å². The highest BCUT2D eigenvalue weighted by Gasteiger charge is 2.09. The van der Waals surface area contributed by atoms with E-state index in [9.17, 15) is 0 Å². The fraction of sp³-hybridized carbons (Fsp3) is 0.231. The monoisotopic (exact) mass is 341 g/mol. The minimum atomic E-state index is 0.432. The molecule has 0 fully saturated rings. The predicted octanol–water partition coefficient (Wildman–Crippen LogP) is 4.51. The van der Waals surface area contributed by atoms with Crippen molar-refractivity contribution < 1.29 is 4.74 Å². The van der Waals surface area contributed by atoms with Crippen molar-refractivity contribution in [1.82, 2.24) is 9.97 Å². The number of aromatic nitrogens is 2. The zero-order chi connectivity index (χ0) is 13.7. The molecule has 0 aliphatic heterocycles. The number of rotatable bonds is 5. The Morgan fingerprint density at radius 2 is 2.16 bits per heavy atom. The fourth-order valence-electron chi connectivity index (χ4n) is 1.38. The number of hydrogen-bond donors (Lipinski definition) is 1. The standard InChI is InChI=1S/C13H13BrClN3O/c1-2-7-16-13-17-8-9(14)12(18-13)19-11-6-4-3-5-10(11)15/h3-6,8H,2,7H2,1H3,(H,16,17,18). The molecule has 0 saturated heterocycles. The average Bonchev–Trinajstić information content (AvgIpc) is 2.42. The maximum Gasteiger partial charge on any atom is 0.238 e. The zero-order valence-electron chi connectivity index (χ0n) is 10.4. The molecule has 4 nitrogen and oxygen atoms in total. The normalized spacial score (nSPS) is 10.3. The van der Waals surface area contributed by atoms with Gasteiger partial charge in [-0.1, -0.05) is 30.7 Å². The Morgan fingerprint density at radius 1 is 1.37 bits per heavy atom. The number of hydrogen-bond acceptors (Lipinski definition) is 4. The second-order valence-corrected chi connectivity index (χ2v) is 5.07. The summed E-state index contributed by atoms with van der Waals surface area (Å²) in [5.74, 6) is 1.53. The summed E-state index contributed by atoms with van der Waals surface area (Å²) in [6.45, 7) is 2.89. The Balaban J connectivity index is 2.21. The zero-order valence-corrected chi connectivity index (χ0v) is 12.7. The van der Waals surface area contributed by atoms with E-state index in [1.807, 2.05) is 12.1 Å². The highest BCUT2D eigenvalue weighted by Crippen LogP contribution is 2.32. The van der Waals surface area contributed by atoms with E-state index in [-0.39, 0.29) is 0 Å². The summed E-state index contributed by atoms with van der Waals surface area (Å²) >= 11 is 9.41. The molecule has 0 radical (unpaired) electrons. The van der Waals surface area contributed by atoms with Crippen LogP contribution in [0.3, 0.4) is 0 Å². The lowest BCUT2D eigenvalue weighted by Crippen LogP contribution is -2.05. The number of nitrogens with one attached hydrogen (secondary N) is 1. The number of para-hydroxylation sites is 1. The molecule has 0 unspecified atom stereocenters. The number of nitrogens with zero attached hydrogens (tertiary/aromatic N) is 2. The van der Waals surface area contributed by atoms with E-state index >= 15 is 0 Å². The lowest BCUT2D eigenvalue weighted by Gasteiger charge is -2.09. The van der Waals surface area contributed by atoms with Crippen molar-refractivity contribution in [1.29, 1.82) is 0 Å². The molecular weight excluding hydrogens is 330 g/mol. The molecule has 6 heteroatoms. The molecule has 1 N–H and O–H groups in total. The molecule has 1 aromatic heterocycles. The Morgan fingerprint density at radius 3 is 2.89 bits per heavy atom. The molecule has 2 rings (SSSR count).